The van der Waals surface area contributed by atoms with Crippen molar-refractivity contribution in [3.63, 3.8) is 0 Å². The number of hydrogen-bond acceptors (Lipinski definition) is 6. The highest BCUT2D eigenvalue weighted by Gasteiger charge is 2.13. The Morgan fingerprint density at radius 3 is 1.97 bits per heavy atom. The smallest absolute Gasteiger partial charge is 0.255 e. The maximum absolute atomic E-state index is 12.6. The molecule has 176 valence electrons. The van der Waals surface area contributed by atoms with Gasteiger partial charge in [0.05, 0.1) is 39.7 Å². The summed E-state index contributed by atoms with van der Waals surface area (Å²) in [5.74, 6) is 1.35. The molecular formula is C26H26N2O6. The molecule has 34 heavy (non-hydrogen) atoms. The summed E-state index contributed by atoms with van der Waals surface area (Å²) in [5, 5.41) is 5.59. The zero-order chi connectivity index (χ0) is 24.5. The summed E-state index contributed by atoms with van der Waals surface area (Å²) >= 11 is 0. The number of rotatable bonds is 9. The predicted molar refractivity (Wildman–Crippen MR) is 131 cm³/mol. The molecule has 0 atom stereocenters. The van der Waals surface area contributed by atoms with Crippen molar-refractivity contribution in [3.8, 4) is 23.0 Å². The molecule has 0 unspecified atom stereocenters. The molecule has 0 aromatic heterocycles. The Balaban J connectivity index is 1.78. The maximum atomic E-state index is 12.6. The molecule has 0 spiro atoms. The summed E-state index contributed by atoms with van der Waals surface area (Å²) in [6, 6.07) is 17.2. The van der Waals surface area contributed by atoms with E-state index in [0.717, 1.165) is 0 Å². The molecule has 3 aromatic rings. The second kappa shape index (κ2) is 11.4. The van der Waals surface area contributed by atoms with Gasteiger partial charge in [0, 0.05) is 29.5 Å². The Bertz CT molecular complexity index is 1170. The largest absolute Gasteiger partial charge is 0.496 e. The minimum absolute atomic E-state index is 0.291. The van der Waals surface area contributed by atoms with Gasteiger partial charge in [0.2, 0.25) is 5.91 Å². The summed E-state index contributed by atoms with van der Waals surface area (Å²) in [4.78, 5) is 25.1. The van der Waals surface area contributed by atoms with Crippen molar-refractivity contribution in [2.24, 2.45) is 0 Å². The quantitative estimate of drug-likeness (QED) is 0.451. The third-order valence-electron chi connectivity index (χ3n) is 4.91. The van der Waals surface area contributed by atoms with Crippen molar-refractivity contribution in [2.45, 2.75) is 0 Å². The number of ether oxygens (including phenoxy) is 4. The molecule has 0 saturated carbocycles. The standard InChI is InChI=1S/C26H26N2O6/c1-31-19-15-23(33-3)20(24(16-19)34-4)11-13-25(29)27-18-10-12-22(32-2)21(14-18)28-26(30)17-8-6-5-7-9-17/h5-16H,1-4H3,(H,27,29)(H,28,30)/b13-11+. The predicted octanol–water partition coefficient (Wildman–Crippen LogP) is 4.63. The topological polar surface area (TPSA) is 95.1 Å². The van der Waals surface area contributed by atoms with E-state index >= 15 is 0 Å². The highest BCUT2D eigenvalue weighted by atomic mass is 16.5. The highest BCUT2D eigenvalue weighted by Crippen LogP contribution is 2.35. The molecular weight excluding hydrogens is 436 g/mol. The minimum atomic E-state index is -0.384. The van der Waals surface area contributed by atoms with E-state index in [1.807, 2.05) is 6.07 Å². The first-order chi connectivity index (χ1) is 16.5. The van der Waals surface area contributed by atoms with Gasteiger partial charge in [-0.25, -0.2) is 0 Å². The lowest BCUT2D eigenvalue weighted by molar-refractivity contribution is -0.111. The third-order valence-corrected chi connectivity index (χ3v) is 4.91. The van der Waals surface area contributed by atoms with Gasteiger partial charge in [-0.1, -0.05) is 18.2 Å². The van der Waals surface area contributed by atoms with E-state index in [0.29, 0.717) is 45.5 Å². The molecule has 8 heteroatoms. The number of amides is 2. The van der Waals surface area contributed by atoms with Gasteiger partial charge in [0.25, 0.3) is 5.91 Å². The zero-order valence-corrected chi connectivity index (χ0v) is 19.4. The molecule has 3 aromatic carbocycles. The van der Waals surface area contributed by atoms with Crippen LogP contribution in [0.3, 0.4) is 0 Å². The van der Waals surface area contributed by atoms with Crippen molar-refractivity contribution in [2.75, 3.05) is 39.1 Å². The molecule has 0 aliphatic carbocycles. The van der Waals surface area contributed by atoms with Crippen molar-refractivity contribution >= 4 is 29.3 Å². The number of nitrogens with one attached hydrogen (secondary N) is 2. The van der Waals surface area contributed by atoms with Crippen LogP contribution in [0.2, 0.25) is 0 Å². The van der Waals surface area contributed by atoms with Crippen molar-refractivity contribution < 1.29 is 28.5 Å². The van der Waals surface area contributed by atoms with Crippen LogP contribution in [0.25, 0.3) is 6.08 Å². The Morgan fingerprint density at radius 2 is 1.38 bits per heavy atom. The van der Waals surface area contributed by atoms with Crippen LogP contribution >= 0.6 is 0 Å². The second-order valence-electron chi connectivity index (χ2n) is 7.00. The second-order valence-corrected chi connectivity index (χ2v) is 7.00. The van der Waals surface area contributed by atoms with Gasteiger partial charge >= 0.3 is 0 Å². The number of carbonyl (C=O) groups is 2. The summed E-state index contributed by atoms with van der Waals surface area (Å²) in [6.45, 7) is 0. The lowest BCUT2D eigenvalue weighted by Crippen LogP contribution is -2.13. The molecule has 0 aliphatic heterocycles. The first-order valence-corrected chi connectivity index (χ1v) is 10.3. The fraction of sp³-hybridized carbons (Fsp3) is 0.154. The van der Waals surface area contributed by atoms with Crippen LogP contribution in [0.4, 0.5) is 11.4 Å². The van der Waals surface area contributed by atoms with Crippen LogP contribution in [0, 0.1) is 0 Å². The lowest BCUT2D eigenvalue weighted by Gasteiger charge is -2.13. The first kappa shape index (κ1) is 24.2. The summed E-state index contributed by atoms with van der Waals surface area (Å²) < 4.78 is 21.4. The fourth-order valence-electron chi connectivity index (χ4n) is 3.21. The van der Waals surface area contributed by atoms with E-state index < -0.39 is 0 Å². The molecule has 3 rings (SSSR count). The molecule has 0 radical (unpaired) electrons. The van der Waals surface area contributed by atoms with Crippen LogP contribution in [0.1, 0.15) is 15.9 Å². The number of methoxy groups -OCH3 is 4. The van der Waals surface area contributed by atoms with Gasteiger partial charge < -0.3 is 29.6 Å². The molecule has 8 nitrogen and oxygen atoms in total. The van der Waals surface area contributed by atoms with Gasteiger partial charge in [0.15, 0.2) is 0 Å². The average Bonchev–Trinajstić information content (AvgIpc) is 2.87. The van der Waals surface area contributed by atoms with Gasteiger partial charge in [-0.3, -0.25) is 9.59 Å². The summed E-state index contributed by atoms with van der Waals surface area (Å²) in [6.07, 6.45) is 2.95. The van der Waals surface area contributed by atoms with Gasteiger partial charge in [-0.2, -0.15) is 0 Å². The number of carbonyl (C=O) groups excluding carboxylic acids is 2. The normalized spacial score (nSPS) is 10.5. The van der Waals surface area contributed by atoms with Crippen molar-refractivity contribution in [1.29, 1.82) is 0 Å². The van der Waals surface area contributed by atoms with Crippen molar-refractivity contribution in [1.82, 2.24) is 0 Å². The van der Waals surface area contributed by atoms with E-state index in [9.17, 15) is 9.59 Å². The third kappa shape index (κ3) is 5.86. The maximum Gasteiger partial charge on any atom is 0.255 e. The number of anilines is 2. The molecule has 0 heterocycles. The summed E-state index contributed by atoms with van der Waals surface area (Å²) in [7, 11) is 6.09. The monoisotopic (exact) mass is 462 g/mol. The molecule has 2 N–H and O–H groups in total. The molecule has 2 amide bonds. The summed E-state index contributed by atoms with van der Waals surface area (Å²) in [5.41, 5.74) is 2.00. The Hall–Kier alpha value is -4.46. The lowest BCUT2D eigenvalue weighted by atomic mass is 10.1. The van der Waals surface area contributed by atoms with Crippen LogP contribution in [-0.2, 0) is 4.79 Å². The minimum Gasteiger partial charge on any atom is -0.496 e. The Morgan fingerprint density at radius 1 is 0.735 bits per heavy atom. The SMILES string of the molecule is COc1cc(OC)c(/C=C/C(=O)Nc2ccc(OC)c(NC(=O)c3ccccc3)c2)c(OC)c1. The average molecular weight is 463 g/mol. The van der Waals surface area contributed by atoms with Crippen LogP contribution in [0.15, 0.2) is 66.7 Å². The highest BCUT2D eigenvalue weighted by molar-refractivity contribution is 6.06. The Labute approximate surface area is 198 Å². The van der Waals surface area contributed by atoms with Gasteiger partial charge in [-0.15, -0.1) is 0 Å². The molecule has 0 aliphatic rings. The fourth-order valence-corrected chi connectivity index (χ4v) is 3.21. The van der Waals surface area contributed by atoms with Gasteiger partial charge in [-0.05, 0) is 36.4 Å². The number of benzene rings is 3. The number of hydrogen-bond donors (Lipinski definition) is 2. The van der Waals surface area contributed by atoms with Crippen molar-refractivity contribution in [3.05, 3.63) is 77.9 Å². The van der Waals surface area contributed by atoms with Crippen LogP contribution in [0.5, 0.6) is 23.0 Å². The van der Waals surface area contributed by atoms with E-state index in [4.69, 9.17) is 18.9 Å². The van der Waals surface area contributed by atoms with Gasteiger partial charge in [0.1, 0.15) is 23.0 Å². The molecule has 0 bridgehead atoms. The first-order valence-electron chi connectivity index (χ1n) is 10.3. The molecule has 0 fully saturated rings. The van der Waals surface area contributed by atoms with E-state index in [1.165, 1.54) is 27.4 Å². The van der Waals surface area contributed by atoms with E-state index in [1.54, 1.807) is 67.8 Å². The van der Waals surface area contributed by atoms with E-state index in [2.05, 4.69) is 10.6 Å². The zero-order valence-electron chi connectivity index (χ0n) is 19.4. The van der Waals surface area contributed by atoms with Crippen LogP contribution < -0.4 is 29.6 Å². The molecule has 0 saturated heterocycles. The van der Waals surface area contributed by atoms with Crippen LogP contribution in [-0.4, -0.2) is 40.3 Å². The Kier molecular flexibility index (Phi) is 8.12. The van der Waals surface area contributed by atoms with E-state index in [-0.39, 0.29) is 11.8 Å².